The fourth-order valence-corrected chi connectivity index (χ4v) is 3.82. The first kappa shape index (κ1) is 19.2. The number of ether oxygens (including phenoxy) is 2. The Kier molecular flexibility index (Phi) is 5.39. The molecule has 0 bridgehead atoms. The zero-order valence-corrected chi connectivity index (χ0v) is 17.5. The van der Waals surface area contributed by atoms with Crippen LogP contribution in [0, 0.1) is 11.3 Å². The molecule has 0 aliphatic heterocycles. The van der Waals surface area contributed by atoms with E-state index in [0.717, 1.165) is 0 Å². The summed E-state index contributed by atoms with van der Waals surface area (Å²) in [4.78, 5) is 16.2. The summed E-state index contributed by atoms with van der Waals surface area (Å²) in [5, 5.41) is 20.5. The van der Waals surface area contributed by atoms with Crippen molar-refractivity contribution in [3.63, 3.8) is 0 Å². The fraction of sp³-hybridized carbons (Fsp3) is 0.167. The molecular weight excluding hydrogens is 482 g/mol. The number of nitrogens with zero attached hydrogens (tertiary/aromatic N) is 3. The predicted octanol–water partition coefficient (Wildman–Crippen LogP) is 4.31. The van der Waals surface area contributed by atoms with Gasteiger partial charge in [0.2, 0.25) is 0 Å². The van der Waals surface area contributed by atoms with Gasteiger partial charge in [-0.25, -0.2) is 9.78 Å². The van der Waals surface area contributed by atoms with E-state index in [9.17, 15) is 15.2 Å². The molecule has 138 valence electrons. The second kappa shape index (κ2) is 7.58. The topological polar surface area (TPSA) is 97.4 Å². The number of methoxy groups -OCH3 is 1. The second-order valence-corrected chi connectivity index (χ2v) is 6.90. The Hall–Kier alpha value is -2.57. The summed E-state index contributed by atoms with van der Waals surface area (Å²) in [6, 6.07) is 9.13. The third-order valence-corrected chi connectivity index (χ3v) is 5.93. The number of nitriles is 1. The smallest absolute Gasteiger partial charge is 0.360 e. The van der Waals surface area contributed by atoms with Crippen LogP contribution in [0.5, 0.6) is 11.5 Å². The van der Waals surface area contributed by atoms with Gasteiger partial charge in [-0.3, -0.25) is 4.57 Å². The number of aromatic nitrogens is 2. The monoisotopic (exact) mass is 493 g/mol. The number of halogens is 2. The molecule has 1 aromatic carbocycles. The van der Waals surface area contributed by atoms with Crippen molar-refractivity contribution in [2.45, 2.75) is 6.92 Å². The van der Waals surface area contributed by atoms with Gasteiger partial charge in [-0.2, -0.15) is 5.26 Å². The predicted molar refractivity (Wildman–Crippen MR) is 105 cm³/mol. The molecular formula is C18H13Br2N3O4. The van der Waals surface area contributed by atoms with E-state index in [1.807, 2.05) is 6.07 Å². The summed E-state index contributed by atoms with van der Waals surface area (Å²) in [7, 11) is 1.57. The third-order valence-electron chi connectivity index (χ3n) is 3.87. The van der Waals surface area contributed by atoms with Gasteiger partial charge >= 0.3 is 5.97 Å². The molecule has 3 rings (SSSR count). The number of rotatable bonds is 4. The summed E-state index contributed by atoms with van der Waals surface area (Å²) < 4.78 is 12.8. The highest BCUT2D eigenvalue weighted by Gasteiger charge is 2.27. The minimum atomic E-state index is -0.798. The molecule has 0 amide bonds. The lowest BCUT2D eigenvalue weighted by Crippen LogP contribution is -2.09. The zero-order valence-electron chi connectivity index (χ0n) is 14.3. The summed E-state index contributed by atoms with van der Waals surface area (Å²) in [5.41, 5.74) is 0.737. The van der Waals surface area contributed by atoms with Crippen LogP contribution >= 0.6 is 31.9 Å². The third kappa shape index (κ3) is 3.15. The van der Waals surface area contributed by atoms with Crippen LogP contribution < -0.4 is 4.74 Å². The van der Waals surface area contributed by atoms with E-state index in [2.05, 4.69) is 36.8 Å². The van der Waals surface area contributed by atoms with Gasteiger partial charge in [-0.15, -0.1) is 0 Å². The van der Waals surface area contributed by atoms with E-state index in [0.29, 0.717) is 26.0 Å². The van der Waals surface area contributed by atoms with Crippen molar-refractivity contribution in [1.82, 2.24) is 9.55 Å². The van der Waals surface area contributed by atoms with Crippen molar-refractivity contribution in [3.8, 4) is 23.3 Å². The minimum absolute atomic E-state index is 0.0203. The number of fused-ring (bicyclic) bond motifs is 1. The van der Waals surface area contributed by atoms with Crippen molar-refractivity contribution in [1.29, 1.82) is 5.26 Å². The van der Waals surface area contributed by atoms with Crippen molar-refractivity contribution >= 4 is 48.7 Å². The first-order valence-corrected chi connectivity index (χ1v) is 9.37. The highest BCUT2D eigenvalue weighted by Crippen LogP contribution is 2.43. The quantitative estimate of drug-likeness (QED) is 0.542. The number of carbonyl (C=O) groups is 1. The number of esters is 1. The maximum absolute atomic E-state index is 12.1. The van der Waals surface area contributed by atoms with Gasteiger partial charge in [0, 0.05) is 5.69 Å². The largest absolute Gasteiger partial charge is 0.505 e. The van der Waals surface area contributed by atoms with Crippen LogP contribution in [-0.2, 0) is 4.74 Å². The van der Waals surface area contributed by atoms with Crippen molar-refractivity contribution in [2.75, 3.05) is 13.7 Å². The fourth-order valence-electron chi connectivity index (χ4n) is 2.69. The molecule has 0 aliphatic rings. The van der Waals surface area contributed by atoms with Gasteiger partial charge in [-0.1, -0.05) is 0 Å². The molecule has 1 N–H and O–H groups in total. The Labute approximate surface area is 171 Å². The number of benzene rings is 1. The standard InChI is InChI=1S/C18H13Br2N3O4/c1-3-27-18(25)14-16(24)12-13(19)17(20)23(15(12)11(8-21)22-14)9-4-6-10(26-2)7-5-9/h4-7,24H,3H2,1-2H3. The number of hydrogen-bond acceptors (Lipinski definition) is 6. The van der Waals surface area contributed by atoms with Crippen LogP contribution in [0.2, 0.25) is 0 Å². The molecule has 0 saturated carbocycles. The zero-order chi connectivity index (χ0) is 19.7. The van der Waals surface area contributed by atoms with Crippen LogP contribution in [0.15, 0.2) is 33.3 Å². The Morgan fingerprint density at radius 3 is 2.56 bits per heavy atom. The number of carbonyl (C=O) groups excluding carboxylic acids is 1. The van der Waals surface area contributed by atoms with E-state index in [4.69, 9.17) is 9.47 Å². The maximum Gasteiger partial charge on any atom is 0.360 e. The lowest BCUT2D eigenvalue weighted by Gasteiger charge is -2.10. The molecule has 0 spiro atoms. The summed E-state index contributed by atoms with van der Waals surface area (Å²) >= 11 is 6.90. The molecule has 2 heterocycles. The SMILES string of the molecule is CCOC(=O)c1nc(C#N)c2c(c1O)c(Br)c(Br)n2-c1ccc(OC)cc1. The van der Waals surface area contributed by atoms with E-state index >= 15 is 0 Å². The van der Waals surface area contributed by atoms with Gasteiger partial charge in [0.15, 0.2) is 17.1 Å². The van der Waals surface area contributed by atoms with Gasteiger partial charge in [0.1, 0.15) is 16.4 Å². The molecule has 0 atom stereocenters. The Morgan fingerprint density at radius 2 is 2.00 bits per heavy atom. The van der Waals surface area contributed by atoms with Crippen LogP contribution in [0.1, 0.15) is 23.1 Å². The Bertz CT molecular complexity index is 1090. The molecule has 0 aliphatic carbocycles. The summed E-state index contributed by atoms with van der Waals surface area (Å²) in [6.07, 6.45) is 0. The number of pyridine rings is 1. The van der Waals surface area contributed by atoms with Gasteiger partial charge < -0.3 is 14.6 Å². The van der Waals surface area contributed by atoms with Crippen LogP contribution in [0.4, 0.5) is 0 Å². The van der Waals surface area contributed by atoms with E-state index in [1.54, 1.807) is 42.9 Å². The number of aromatic hydroxyl groups is 1. The van der Waals surface area contributed by atoms with Crippen LogP contribution in [-0.4, -0.2) is 34.3 Å². The lowest BCUT2D eigenvalue weighted by atomic mass is 10.2. The van der Waals surface area contributed by atoms with E-state index in [1.165, 1.54) is 0 Å². The molecule has 0 radical (unpaired) electrons. The molecule has 3 aromatic rings. The molecule has 27 heavy (non-hydrogen) atoms. The molecule has 2 aromatic heterocycles. The van der Waals surface area contributed by atoms with E-state index in [-0.39, 0.29) is 29.1 Å². The van der Waals surface area contributed by atoms with Crippen LogP contribution in [0.3, 0.4) is 0 Å². The minimum Gasteiger partial charge on any atom is -0.505 e. The maximum atomic E-state index is 12.1. The van der Waals surface area contributed by atoms with Crippen LogP contribution in [0.25, 0.3) is 16.6 Å². The molecule has 9 heteroatoms. The van der Waals surface area contributed by atoms with Crippen molar-refractivity contribution in [3.05, 3.63) is 44.7 Å². The molecule has 7 nitrogen and oxygen atoms in total. The number of hydrogen-bond donors (Lipinski definition) is 1. The lowest BCUT2D eigenvalue weighted by molar-refractivity contribution is 0.0516. The molecule has 0 fully saturated rings. The average molecular weight is 495 g/mol. The van der Waals surface area contributed by atoms with Gasteiger partial charge in [0.05, 0.1) is 29.1 Å². The summed E-state index contributed by atoms with van der Waals surface area (Å²) in [5.74, 6) is -0.479. The first-order chi connectivity index (χ1) is 12.9. The Balaban J connectivity index is 2.37. The molecule has 0 saturated heterocycles. The molecule has 0 unspecified atom stereocenters. The van der Waals surface area contributed by atoms with Gasteiger partial charge in [-0.05, 0) is 63.0 Å². The second-order valence-electron chi connectivity index (χ2n) is 5.35. The average Bonchev–Trinajstić information content (AvgIpc) is 2.94. The highest BCUT2D eigenvalue weighted by molar-refractivity contribution is 9.13. The summed E-state index contributed by atoms with van der Waals surface area (Å²) in [6.45, 7) is 1.77. The first-order valence-electron chi connectivity index (χ1n) is 7.78. The van der Waals surface area contributed by atoms with Gasteiger partial charge in [0.25, 0.3) is 0 Å². The van der Waals surface area contributed by atoms with Crippen molar-refractivity contribution < 1.29 is 19.4 Å². The van der Waals surface area contributed by atoms with Crippen molar-refractivity contribution in [2.24, 2.45) is 0 Å². The Morgan fingerprint density at radius 1 is 1.33 bits per heavy atom. The van der Waals surface area contributed by atoms with E-state index < -0.39 is 5.97 Å². The highest BCUT2D eigenvalue weighted by atomic mass is 79.9. The normalized spacial score (nSPS) is 10.6.